The van der Waals surface area contributed by atoms with Gasteiger partial charge in [-0.3, -0.25) is 4.99 Å². The molecular weight excluding hydrogens is 540 g/mol. The highest BCUT2D eigenvalue weighted by atomic mass is 16.5. The molecule has 2 aliphatic carbocycles. The molecule has 5 rings (SSSR count). The van der Waals surface area contributed by atoms with Crippen molar-refractivity contribution in [2.24, 2.45) is 10.9 Å². The molecule has 0 N–H and O–H groups in total. The minimum atomic E-state index is -0.162. The fraction of sp³-hybridized carbons (Fsp3) is 0.450. The molecule has 0 fully saturated rings. The zero-order chi connectivity index (χ0) is 31.1. The summed E-state index contributed by atoms with van der Waals surface area (Å²) in [7, 11) is 0. The zero-order valence-corrected chi connectivity index (χ0v) is 27.5. The van der Waals surface area contributed by atoms with E-state index in [9.17, 15) is 4.79 Å². The third-order valence-electron chi connectivity index (χ3n) is 9.89. The van der Waals surface area contributed by atoms with Crippen LogP contribution in [-0.2, 0) is 14.9 Å². The lowest BCUT2D eigenvalue weighted by Crippen LogP contribution is -2.29. The van der Waals surface area contributed by atoms with Gasteiger partial charge in [0.2, 0.25) is 0 Å². The lowest BCUT2D eigenvalue weighted by molar-refractivity contribution is -0.138. The number of esters is 1. The van der Waals surface area contributed by atoms with Gasteiger partial charge in [-0.15, -0.1) is 0 Å². The van der Waals surface area contributed by atoms with Gasteiger partial charge in [0.15, 0.2) is 0 Å². The number of aliphatic imine (C=N–C) groups is 1. The Hall–Kier alpha value is -3.66. The van der Waals surface area contributed by atoms with Crippen molar-refractivity contribution in [2.75, 3.05) is 19.7 Å². The second-order valence-electron chi connectivity index (χ2n) is 13.0. The number of ether oxygens (including phenoxy) is 1. The Morgan fingerprint density at radius 1 is 1.07 bits per heavy atom. The minimum absolute atomic E-state index is 0.0186. The Labute approximate surface area is 265 Å². The van der Waals surface area contributed by atoms with E-state index in [2.05, 4.69) is 98.3 Å². The van der Waals surface area contributed by atoms with E-state index in [1.807, 2.05) is 19.3 Å². The molecule has 4 nitrogen and oxygen atoms in total. The van der Waals surface area contributed by atoms with Crippen LogP contribution in [-0.4, -0.2) is 36.8 Å². The Morgan fingerprint density at radius 2 is 1.89 bits per heavy atom. The molecule has 0 radical (unpaired) electrons. The molecule has 0 aromatic heterocycles. The fourth-order valence-corrected chi connectivity index (χ4v) is 7.18. The van der Waals surface area contributed by atoms with E-state index in [1.54, 1.807) is 11.1 Å². The van der Waals surface area contributed by atoms with Gasteiger partial charge in [0.25, 0.3) is 0 Å². The van der Waals surface area contributed by atoms with Crippen LogP contribution in [0.2, 0.25) is 0 Å². The topological polar surface area (TPSA) is 41.9 Å². The molecule has 2 aliphatic heterocycles. The van der Waals surface area contributed by atoms with Crippen molar-refractivity contribution in [2.45, 2.75) is 91.4 Å². The largest absolute Gasteiger partial charge is 0.463 e. The molecule has 4 aliphatic rings. The lowest BCUT2D eigenvalue weighted by Gasteiger charge is -2.35. The predicted molar refractivity (Wildman–Crippen MR) is 184 cm³/mol. The Kier molecular flexibility index (Phi) is 10.4. The first-order chi connectivity index (χ1) is 21.3. The van der Waals surface area contributed by atoms with Gasteiger partial charge in [-0.1, -0.05) is 80.5 Å². The number of allylic oxidation sites excluding steroid dienone is 9. The highest BCUT2D eigenvalue weighted by Crippen LogP contribution is 2.42. The highest BCUT2D eigenvalue weighted by Gasteiger charge is 2.31. The normalized spacial score (nSPS) is 26.2. The first-order valence-electron chi connectivity index (χ1n) is 16.8. The summed E-state index contributed by atoms with van der Waals surface area (Å²) in [5, 5.41) is 0. The summed E-state index contributed by atoms with van der Waals surface area (Å²) in [6, 6.07) is 9.39. The average Bonchev–Trinajstić information content (AvgIpc) is 3.21. The molecule has 4 heteroatoms. The van der Waals surface area contributed by atoms with Gasteiger partial charge < -0.3 is 9.64 Å². The number of carbonyl (C=O) groups is 1. The SMILES string of the molecule is C/C=C1/CCC/C(C(C)C)=C/C[C@@]1(C)c1ccc(C2=CCC3=CN=CC=C(N4CC/C=C(\C(=O)OCC)CCC4)C3=C2)cc1. The van der Waals surface area contributed by atoms with E-state index in [0.29, 0.717) is 12.5 Å². The Bertz CT molecular complexity index is 1480. The first-order valence-corrected chi connectivity index (χ1v) is 16.8. The monoisotopic (exact) mass is 590 g/mol. The first kappa shape index (κ1) is 31.8. The summed E-state index contributed by atoms with van der Waals surface area (Å²) in [5.74, 6) is 0.453. The highest BCUT2D eigenvalue weighted by molar-refractivity contribution is 5.88. The summed E-state index contributed by atoms with van der Waals surface area (Å²) in [5.41, 5.74) is 11.7. The van der Waals surface area contributed by atoms with Crippen molar-refractivity contribution in [1.29, 1.82) is 0 Å². The summed E-state index contributed by atoms with van der Waals surface area (Å²) in [6.07, 6.45) is 25.8. The van der Waals surface area contributed by atoms with Crippen LogP contribution in [0.5, 0.6) is 0 Å². The second-order valence-corrected chi connectivity index (χ2v) is 13.0. The van der Waals surface area contributed by atoms with Gasteiger partial charge in [-0.25, -0.2) is 4.79 Å². The van der Waals surface area contributed by atoms with E-state index in [-0.39, 0.29) is 11.4 Å². The van der Waals surface area contributed by atoms with Gasteiger partial charge in [0, 0.05) is 47.8 Å². The lowest BCUT2D eigenvalue weighted by atomic mass is 9.69. The summed E-state index contributed by atoms with van der Waals surface area (Å²) >= 11 is 0. The van der Waals surface area contributed by atoms with E-state index < -0.39 is 0 Å². The van der Waals surface area contributed by atoms with Crippen molar-refractivity contribution < 1.29 is 9.53 Å². The molecule has 1 atom stereocenters. The maximum atomic E-state index is 12.3. The summed E-state index contributed by atoms with van der Waals surface area (Å²) in [4.78, 5) is 19.4. The van der Waals surface area contributed by atoms with Crippen LogP contribution in [0.4, 0.5) is 0 Å². The van der Waals surface area contributed by atoms with Gasteiger partial charge in [0.1, 0.15) is 0 Å². The number of benzene rings is 1. The molecule has 232 valence electrons. The predicted octanol–water partition coefficient (Wildman–Crippen LogP) is 9.59. The standard InChI is InChI=1S/C40H50N2O2/c1-6-35-14-8-11-30(29(3)4)21-23-40(35,5)36-19-17-31(18-20-36)33-15-16-34-28-41-24-22-38(37(34)27-33)42-25-9-12-32(13-10-26-42)39(43)44-7-2/h6,12,15,17-22,24,27-29H,7-11,13-14,16,23,25-26H2,1-5H3/b30-21-,32-12-,35-6-/t40-/m1/s1. The number of hydrogen-bond acceptors (Lipinski definition) is 4. The van der Waals surface area contributed by atoms with Gasteiger partial charge in [0.05, 0.1) is 6.61 Å². The Balaban J connectivity index is 1.38. The number of hydrogen-bond donors (Lipinski definition) is 0. The van der Waals surface area contributed by atoms with Crippen molar-refractivity contribution >= 4 is 17.8 Å². The van der Waals surface area contributed by atoms with E-state index in [0.717, 1.165) is 50.8 Å². The molecule has 0 spiro atoms. The van der Waals surface area contributed by atoms with Crippen LogP contribution >= 0.6 is 0 Å². The third-order valence-corrected chi connectivity index (χ3v) is 9.89. The average molecular weight is 591 g/mol. The van der Waals surface area contributed by atoms with Gasteiger partial charge >= 0.3 is 5.97 Å². The minimum Gasteiger partial charge on any atom is -0.463 e. The smallest absolute Gasteiger partial charge is 0.333 e. The number of nitrogens with zero attached hydrogens (tertiary/aromatic N) is 2. The second kappa shape index (κ2) is 14.4. The molecule has 0 unspecified atom stereocenters. The van der Waals surface area contributed by atoms with Crippen molar-refractivity contribution in [1.82, 2.24) is 4.90 Å². The molecule has 1 aromatic carbocycles. The number of fused-ring (bicyclic) bond motifs is 1. The van der Waals surface area contributed by atoms with E-state index in [4.69, 9.17) is 4.74 Å². The van der Waals surface area contributed by atoms with Gasteiger partial charge in [-0.2, -0.15) is 0 Å². The molecule has 2 heterocycles. The Morgan fingerprint density at radius 3 is 2.64 bits per heavy atom. The van der Waals surface area contributed by atoms with Crippen LogP contribution in [0, 0.1) is 5.92 Å². The van der Waals surface area contributed by atoms with E-state index >= 15 is 0 Å². The van der Waals surface area contributed by atoms with Crippen LogP contribution < -0.4 is 0 Å². The maximum absolute atomic E-state index is 12.3. The molecule has 0 saturated heterocycles. The van der Waals surface area contributed by atoms with Crippen LogP contribution in [0.3, 0.4) is 0 Å². The molecular formula is C40H50N2O2. The van der Waals surface area contributed by atoms with Crippen molar-refractivity contribution in [3.8, 4) is 0 Å². The van der Waals surface area contributed by atoms with Crippen molar-refractivity contribution in [3.63, 3.8) is 0 Å². The van der Waals surface area contributed by atoms with Crippen molar-refractivity contribution in [3.05, 3.63) is 112 Å². The maximum Gasteiger partial charge on any atom is 0.333 e. The van der Waals surface area contributed by atoms with Crippen LogP contribution in [0.25, 0.3) is 5.57 Å². The molecule has 1 aromatic rings. The van der Waals surface area contributed by atoms with Crippen LogP contribution in [0.15, 0.2) is 105 Å². The number of rotatable bonds is 6. The van der Waals surface area contributed by atoms with Gasteiger partial charge in [-0.05, 0) is 106 Å². The number of carbonyl (C=O) groups excluding carboxylic acids is 1. The van der Waals surface area contributed by atoms with E-state index in [1.165, 1.54) is 52.8 Å². The van der Waals surface area contributed by atoms with Crippen LogP contribution in [0.1, 0.15) is 97.1 Å². The molecule has 0 bridgehead atoms. The molecule has 0 amide bonds. The summed E-state index contributed by atoms with van der Waals surface area (Å²) in [6.45, 7) is 13.4. The molecule has 0 saturated carbocycles. The zero-order valence-electron chi connectivity index (χ0n) is 27.5. The third kappa shape index (κ3) is 7.01. The summed E-state index contributed by atoms with van der Waals surface area (Å²) < 4.78 is 5.27. The fourth-order valence-electron chi connectivity index (χ4n) is 7.18. The molecule has 44 heavy (non-hydrogen) atoms. The quantitative estimate of drug-likeness (QED) is 0.245.